The third-order valence-electron chi connectivity index (χ3n) is 15.6. The van der Waals surface area contributed by atoms with Gasteiger partial charge in [0.25, 0.3) is 22.2 Å². The lowest BCUT2D eigenvalue weighted by Crippen LogP contribution is -2.23. The molecule has 27 heteroatoms. The van der Waals surface area contributed by atoms with Crippen molar-refractivity contribution in [2.45, 2.75) is 26.2 Å². The first-order chi connectivity index (χ1) is 49.0. The van der Waals surface area contributed by atoms with Gasteiger partial charge in [-0.15, -0.1) is 0 Å². The molecule has 0 N–H and O–H groups in total. The van der Waals surface area contributed by atoms with Gasteiger partial charge < -0.3 is 41.6 Å². The minimum absolute atomic E-state index is 0.0878. The van der Waals surface area contributed by atoms with E-state index in [1.54, 1.807) is 76.0 Å². The average molecular weight is 1340 g/mol. The Kier molecular flexibility index (Phi) is 19.3. The smallest absolute Gasteiger partial charge is 0.275 e. The van der Waals surface area contributed by atoms with E-state index in [0.29, 0.717) is 85.7 Å². The normalized spacial score (nSPS) is 10.9. The summed E-state index contributed by atoms with van der Waals surface area (Å²) in [6, 6.07) is 60.8. The zero-order valence-electron chi connectivity index (χ0n) is 53.8. The van der Waals surface area contributed by atoms with Crippen LogP contribution >= 0.6 is 0 Å². The van der Waals surface area contributed by atoms with E-state index in [0.717, 1.165) is 49.5 Å². The number of ether oxygens (including phenoxy) is 4. The van der Waals surface area contributed by atoms with Gasteiger partial charge in [0, 0.05) is 38.9 Å². The van der Waals surface area contributed by atoms with E-state index in [1.807, 2.05) is 182 Å². The number of methoxy groups -OCH3 is 4. The van der Waals surface area contributed by atoms with Gasteiger partial charge in [-0.25, -0.2) is 14.0 Å². The Morgan fingerprint density at radius 2 is 0.710 bits per heavy atom. The van der Waals surface area contributed by atoms with Crippen LogP contribution in [0.3, 0.4) is 0 Å². The first kappa shape index (κ1) is 64.8. The number of rotatable bonds is 16. The van der Waals surface area contributed by atoms with E-state index < -0.39 is 0 Å². The van der Waals surface area contributed by atoms with Crippen LogP contribution in [0.1, 0.15) is 23.6 Å². The van der Waals surface area contributed by atoms with E-state index >= 15 is 0 Å². The number of hydrogen-bond acceptors (Lipinski definition) is 23. The Morgan fingerprint density at radius 3 is 1.16 bits per heavy atom. The van der Waals surface area contributed by atoms with Crippen molar-refractivity contribution < 1.29 is 37.0 Å². The molecule has 27 nitrogen and oxygen atoms in total. The van der Waals surface area contributed by atoms with Crippen molar-refractivity contribution in [3.63, 3.8) is 0 Å². The highest BCUT2D eigenvalue weighted by Gasteiger charge is 2.19. The maximum Gasteiger partial charge on any atom is 0.275 e. The zero-order valence-corrected chi connectivity index (χ0v) is 53.8. The highest BCUT2D eigenvalue weighted by molar-refractivity contribution is 5.83. The van der Waals surface area contributed by atoms with Crippen molar-refractivity contribution >= 4 is 43.1 Å². The summed E-state index contributed by atoms with van der Waals surface area (Å²) in [5.41, 5.74) is 2.36. The molecule has 0 atom stereocenters. The summed E-state index contributed by atoms with van der Waals surface area (Å²) in [6.07, 6.45) is 6.68. The number of fused-ring (bicyclic) bond motifs is 4. The van der Waals surface area contributed by atoms with Crippen molar-refractivity contribution in [2.75, 3.05) is 28.4 Å². The second-order valence-electron chi connectivity index (χ2n) is 21.8. The largest absolute Gasteiger partial charge is 0.497 e. The zero-order chi connectivity index (χ0) is 68.9. The Balaban J connectivity index is 0.000000119. The second-order valence-corrected chi connectivity index (χ2v) is 21.8. The van der Waals surface area contributed by atoms with Gasteiger partial charge in [-0.3, -0.25) is 19.2 Å². The predicted octanol–water partition coefficient (Wildman–Crippen LogP) is 10.6. The Morgan fingerprint density at radius 1 is 0.330 bits per heavy atom. The maximum absolute atomic E-state index is 12.6. The lowest BCUT2D eigenvalue weighted by Gasteiger charge is -2.04. The van der Waals surface area contributed by atoms with E-state index in [4.69, 9.17) is 37.0 Å². The third kappa shape index (κ3) is 14.5. The van der Waals surface area contributed by atoms with Crippen LogP contribution in [-0.4, -0.2) is 103 Å². The topological polar surface area (TPSA) is 319 Å². The lowest BCUT2D eigenvalue weighted by molar-refractivity contribution is 0.363. The number of hydrogen-bond donors (Lipinski definition) is 0. The minimum Gasteiger partial charge on any atom is -0.497 e. The Labute approximate surface area is 565 Å². The summed E-state index contributed by atoms with van der Waals surface area (Å²) in [5, 5.41) is 34.2. The molecule has 496 valence electrons. The molecule has 16 rings (SSSR count). The fraction of sp³-hybridized carbons (Fsp3) is 0.110. The van der Waals surface area contributed by atoms with Crippen molar-refractivity contribution in [3.05, 3.63) is 290 Å². The molecule has 0 radical (unpaired) electrons. The Bertz CT molecular complexity index is 5620. The van der Waals surface area contributed by atoms with Gasteiger partial charge >= 0.3 is 0 Å². The summed E-state index contributed by atoms with van der Waals surface area (Å²) in [7, 11) is 6.38. The summed E-state index contributed by atoms with van der Waals surface area (Å²) in [5.74, 6) is 5.77. The van der Waals surface area contributed by atoms with Crippen LogP contribution in [0, 0.1) is 0 Å². The molecule has 0 amide bonds. The fourth-order valence-electron chi connectivity index (χ4n) is 10.5. The minimum atomic E-state index is -0.199. The van der Waals surface area contributed by atoms with Crippen LogP contribution in [-0.2, 0) is 26.2 Å². The number of aromatic nitrogens is 15. The summed E-state index contributed by atoms with van der Waals surface area (Å²) in [4.78, 5) is 67.4. The third-order valence-corrected chi connectivity index (χ3v) is 15.6. The van der Waals surface area contributed by atoms with Gasteiger partial charge in [0.2, 0.25) is 46.9 Å². The fourth-order valence-corrected chi connectivity index (χ4v) is 10.5. The maximum atomic E-state index is 12.6. The highest BCUT2D eigenvalue weighted by Crippen LogP contribution is 2.29. The quantitative estimate of drug-likeness (QED) is 0.0867. The number of benzene rings is 8. The molecule has 0 fully saturated rings. The van der Waals surface area contributed by atoms with Crippen molar-refractivity contribution in [3.8, 4) is 68.5 Å². The van der Waals surface area contributed by atoms with Gasteiger partial charge in [0.1, 0.15) is 49.2 Å². The van der Waals surface area contributed by atoms with Gasteiger partial charge in [-0.1, -0.05) is 130 Å². The van der Waals surface area contributed by atoms with E-state index in [2.05, 4.69) is 55.9 Å². The van der Waals surface area contributed by atoms with Gasteiger partial charge in [0.15, 0.2) is 0 Å². The second kappa shape index (κ2) is 29.8. The van der Waals surface area contributed by atoms with E-state index in [9.17, 15) is 19.2 Å². The van der Waals surface area contributed by atoms with Gasteiger partial charge in [-0.2, -0.15) is 35.2 Å². The summed E-state index contributed by atoms with van der Waals surface area (Å²) in [6.45, 7) is 0.547. The van der Waals surface area contributed by atoms with Gasteiger partial charge in [0.05, 0.1) is 74.3 Å². The summed E-state index contributed by atoms with van der Waals surface area (Å²) >= 11 is 0. The van der Waals surface area contributed by atoms with Crippen LogP contribution in [0.5, 0.6) is 23.0 Å². The molecule has 8 aromatic carbocycles. The molecular formula is C73H57N15O12. The molecule has 0 unspecified atom stereocenters. The van der Waals surface area contributed by atoms with Crippen LogP contribution in [0.15, 0.2) is 262 Å². The first-order valence-corrected chi connectivity index (χ1v) is 30.8. The van der Waals surface area contributed by atoms with Gasteiger partial charge in [-0.05, 0) is 96.4 Å². The first-order valence-electron chi connectivity index (χ1n) is 30.8. The molecular weight excluding hydrogens is 1280 g/mol. The molecule has 0 spiro atoms. The molecule has 8 aromatic heterocycles. The lowest BCUT2D eigenvalue weighted by atomic mass is 10.2. The van der Waals surface area contributed by atoms with Crippen LogP contribution in [0.4, 0.5) is 0 Å². The van der Waals surface area contributed by atoms with Crippen molar-refractivity contribution in [1.29, 1.82) is 0 Å². The van der Waals surface area contributed by atoms with Crippen LogP contribution in [0.2, 0.25) is 0 Å². The molecule has 0 bridgehead atoms. The molecule has 0 aliphatic carbocycles. The SMILES string of the molecule is COc1ccc(-c2noc(Cn3ncc4ccccc4c3=O)n2)cc1.COc1cccc(-c2noc(Cn3ncc4ccccc4c3=O)n2)c1.COc1ccccc1-c1noc(Cn2ccc3ccccc3c2=O)n1.COc1ccccc1-c1noc(Cn2ncc3ccccc3c2=O)n1. The molecule has 16 aromatic rings. The van der Waals surface area contributed by atoms with E-state index in [-0.39, 0.29) is 48.4 Å². The molecule has 0 aliphatic heterocycles. The molecule has 100 heavy (non-hydrogen) atoms. The molecule has 0 saturated carbocycles. The number of para-hydroxylation sites is 2. The van der Waals surface area contributed by atoms with Crippen molar-refractivity contribution in [1.82, 2.24) is 74.5 Å². The molecule has 0 aliphatic rings. The Hall–Kier alpha value is -13.9. The van der Waals surface area contributed by atoms with Crippen molar-refractivity contribution in [2.24, 2.45) is 0 Å². The van der Waals surface area contributed by atoms with E-state index in [1.165, 1.54) is 14.0 Å². The van der Waals surface area contributed by atoms with Crippen LogP contribution < -0.4 is 41.2 Å². The predicted molar refractivity (Wildman–Crippen MR) is 368 cm³/mol. The molecule has 8 heterocycles. The number of pyridine rings is 1. The number of nitrogens with zero attached hydrogens (tertiary/aromatic N) is 15. The van der Waals surface area contributed by atoms with Crippen LogP contribution in [0.25, 0.3) is 88.6 Å². The standard InChI is InChI=1S/C19H15N3O3.3C18H14N4O3/c1-24-16-9-5-4-8-15(16)18-20-17(25-21-18)12-22-11-10-13-6-2-3-7-14(13)19(22)23;1-24-15-9-5-4-8-14(15)17-20-16(25-21-17)11-22-18(23)13-7-3-2-6-12(13)10-19-22;1-24-14-7-4-6-12(9-14)17-20-16(25-21-17)11-22-18(23)15-8-3-2-5-13(15)10-19-22;1-24-14-8-6-12(7-9-14)17-20-16(25-21-17)11-22-18(23)15-5-3-2-4-13(15)10-19-22/h2-11H,12H2,1H3;3*2-10H,11H2,1H3. The molecule has 0 saturated heterocycles. The highest BCUT2D eigenvalue weighted by atomic mass is 16.5. The summed E-state index contributed by atoms with van der Waals surface area (Å²) < 4.78 is 47.5. The average Bonchev–Trinajstić information content (AvgIpc) is 1.12. The monoisotopic (exact) mass is 1340 g/mol.